The lowest BCUT2D eigenvalue weighted by atomic mass is 9.95. The highest BCUT2D eigenvalue weighted by atomic mass is 32.2. The van der Waals surface area contributed by atoms with Crippen LogP contribution in [0, 0.1) is 0 Å². The summed E-state index contributed by atoms with van der Waals surface area (Å²) in [7, 11) is -3.58. The first-order valence-corrected chi connectivity index (χ1v) is 8.25. The number of furan rings is 1. The van der Waals surface area contributed by atoms with Crippen molar-refractivity contribution >= 4 is 10.0 Å². The predicted octanol–water partition coefficient (Wildman–Crippen LogP) is 2.12. The molecule has 0 unspecified atom stereocenters. The van der Waals surface area contributed by atoms with Crippen LogP contribution in [0.5, 0.6) is 0 Å². The van der Waals surface area contributed by atoms with E-state index in [-0.39, 0.29) is 23.5 Å². The second-order valence-corrected chi connectivity index (χ2v) is 6.70. The van der Waals surface area contributed by atoms with Gasteiger partial charge in [-0.2, -0.15) is 4.31 Å². The summed E-state index contributed by atoms with van der Waals surface area (Å²) in [6.45, 7) is 2.01. The average Bonchev–Trinajstić information content (AvgIpc) is 2.90. The monoisotopic (exact) mass is 287 g/mol. The molecule has 1 aliphatic carbocycles. The van der Waals surface area contributed by atoms with Crippen LogP contribution in [0.3, 0.4) is 0 Å². The van der Waals surface area contributed by atoms with E-state index in [1.165, 1.54) is 22.9 Å². The Kier molecular flexibility index (Phi) is 4.65. The minimum absolute atomic E-state index is 0.0658. The van der Waals surface area contributed by atoms with E-state index in [4.69, 9.17) is 9.52 Å². The molecular formula is C13H21NO4S. The highest BCUT2D eigenvalue weighted by molar-refractivity contribution is 7.89. The van der Waals surface area contributed by atoms with Crippen LogP contribution in [0.1, 0.15) is 44.8 Å². The van der Waals surface area contributed by atoms with Gasteiger partial charge >= 0.3 is 0 Å². The van der Waals surface area contributed by atoms with Gasteiger partial charge in [0, 0.05) is 12.6 Å². The number of aliphatic hydroxyl groups is 1. The van der Waals surface area contributed by atoms with E-state index in [9.17, 15) is 8.42 Å². The number of nitrogens with zero attached hydrogens (tertiary/aromatic N) is 1. The SMILES string of the molecule is CCN(C1CCCCC1)S(=O)(=O)c1ccc(CO)o1. The third kappa shape index (κ3) is 3.01. The van der Waals surface area contributed by atoms with Gasteiger partial charge in [0.25, 0.3) is 10.0 Å². The molecule has 1 aliphatic rings. The molecule has 1 aromatic heterocycles. The molecule has 6 heteroatoms. The fraction of sp³-hybridized carbons (Fsp3) is 0.692. The maximum Gasteiger partial charge on any atom is 0.276 e. The van der Waals surface area contributed by atoms with Gasteiger partial charge in [0.05, 0.1) is 0 Å². The van der Waals surface area contributed by atoms with Gasteiger partial charge in [-0.3, -0.25) is 0 Å². The Morgan fingerprint density at radius 3 is 2.53 bits per heavy atom. The van der Waals surface area contributed by atoms with Crippen LogP contribution in [-0.2, 0) is 16.6 Å². The molecule has 0 aromatic carbocycles. The summed E-state index contributed by atoms with van der Waals surface area (Å²) in [6, 6.07) is 3.00. The van der Waals surface area contributed by atoms with Gasteiger partial charge in [-0.1, -0.05) is 26.2 Å². The van der Waals surface area contributed by atoms with E-state index in [0.29, 0.717) is 6.54 Å². The average molecular weight is 287 g/mol. The van der Waals surface area contributed by atoms with Crippen molar-refractivity contribution in [1.29, 1.82) is 0 Å². The standard InChI is InChI=1S/C13H21NO4S/c1-2-14(11-6-4-3-5-7-11)19(16,17)13-9-8-12(10-15)18-13/h8-9,11,15H,2-7,10H2,1H3. The molecular weight excluding hydrogens is 266 g/mol. The van der Waals surface area contributed by atoms with Crippen molar-refractivity contribution in [3.63, 3.8) is 0 Å². The largest absolute Gasteiger partial charge is 0.446 e. The van der Waals surface area contributed by atoms with Crippen molar-refractivity contribution in [3.05, 3.63) is 17.9 Å². The van der Waals surface area contributed by atoms with Crippen molar-refractivity contribution < 1.29 is 17.9 Å². The van der Waals surface area contributed by atoms with Crippen molar-refractivity contribution in [2.75, 3.05) is 6.54 Å². The minimum Gasteiger partial charge on any atom is -0.446 e. The molecule has 5 nitrogen and oxygen atoms in total. The Balaban J connectivity index is 2.24. The van der Waals surface area contributed by atoms with Gasteiger partial charge in [0.2, 0.25) is 5.09 Å². The maximum absolute atomic E-state index is 12.5. The summed E-state index contributed by atoms with van der Waals surface area (Å²) in [4.78, 5) is 0. The fourth-order valence-corrected chi connectivity index (χ4v) is 4.32. The summed E-state index contributed by atoms with van der Waals surface area (Å²) in [5.41, 5.74) is 0. The summed E-state index contributed by atoms with van der Waals surface area (Å²) in [5, 5.41) is 8.89. The summed E-state index contributed by atoms with van der Waals surface area (Å²) in [5.74, 6) is 0.276. The van der Waals surface area contributed by atoms with Crippen LogP contribution in [0.4, 0.5) is 0 Å². The van der Waals surface area contributed by atoms with Crippen molar-refractivity contribution in [1.82, 2.24) is 4.31 Å². The Labute approximate surface area is 114 Å². The van der Waals surface area contributed by atoms with Crippen molar-refractivity contribution in [3.8, 4) is 0 Å². The highest BCUT2D eigenvalue weighted by Crippen LogP contribution is 2.28. The number of hydrogen-bond donors (Lipinski definition) is 1. The fourth-order valence-electron chi connectivity index (χ4n) is 2.69. The van der Waals surface area contributed by atoms with Gasteiger partial charge in [-0.15, -0.1) is 0 Å². The first-order valence-electron chi connectivity index (χ1n) is 6.81. The van der Waals surface area contributed by atoms with Crippen molar-refractivity contribution in [2.45, 2.75) is 56.8 Å². The van der Waals surface area contributed by atoms with Gasteiger partial charge in [0.1, 0.15) is 12.4 Å². The molecule has 0 saturated heterocycles. The molecule has 0 aliphatic heterocycles. The zero-order valence-corrected chi connectivity index (χ0v) is 12.0. The van der Waals surface area contributed by atoms with E-state index in [2.05, 4.69) is 0 Å². The first kappa shape index (κ1) is 14.6. The van der Waals surface area contributed by atoms with Gasteiger partial charge < -0.3 is 9.52 Å². The molecule has 1 N–H and O–H groups in total. The molecule has 19 heavy (non-hydrogen) atoms. The number of aliphatic hydroxyl groups excluding tert-OH is 1. The lowest BCUT2D eigenvalue weighted by Crippen LogP contribution is -2.41. The molecule has 1 heterocycles. The number of sulfonamides is 1. The van der Waals surface area contributed by atoms with Gasteiger partial charge in [-0.25, -0.2) is 8.42 Å². The van der Waals surface area contributed by atoms with E-state index >= 15 is 0 Å². The smallest absolute Gasteiger partial charge is 0.276 e. The second kappa shape index (κ2) is 6.07. The molecule has 1 aromatic rings. The van der Waals surface area contributed by atoms with Crippen LogP contribution in [-0.4, -0.2) is 30.4 Å². The molecule has 2 rings (SSSR count). The maximum atomic E-state index is 12.5. The Bertz CT molecular complexity index is 502. The first-order chi connectivity index (χ1) is 9.09. The van der Waals surface area contributed by atoms with Crippen LogP contribution < -0.4 is 0 Å². The van der Waals surface area contributed by atoms with E-state index in [1.54, 1.807) is 0 Å². The predicted molar refractivity (Wildman–Crippen MR) is 71.1 cm³/mol. The lowest BCUT2D eigenvalue weighted by Gasteiger charge is -2.31. The summed E-state index contributed by atoms with van der Waals surface area (Å²) < 4.78 is 31.8. The third-order valence-electron chi connectivity index (χ3n) is 3.65. The lowest BCUT2D eigenvalue weighted by molar-refractivity contribution is 0.229. The van der Waals surface area contributed by atoms with Crippen LogP contribution >= 0.6 is 0 Å². The Morgan fingerprint density at radius 2 is 2.00 bits per heavy atom. The molecule has 108 valence electrons. The van der Waals surface area contributed by atoms with Crippen LogP contribution in [0.15, 0.2) is 21.6 Å². The minimum atomic E-state index is -3.58. The number of hydrogen-bond acceptors (Lipinski definition) is 4. The van der Waals surface area contributed by atoms with Gasteiger partial charge in [0.15, 0.2) is 0 Å². The van der Waals surface area contributed by atoms with E-state index in [1.807, 2.05) is 6.92 Å². The molecule has 1 saturated carbocycles. The Morgan fingerprint density at radius 1 is 1.32 bits per heavy atom. The van der Waals surface area contributed by atoms with Crippen molar-refractivity contribution in [2.24, 2.45) is 0 Å². The molecule has 0 bridgehead atoms. The second-order valence-electron chi connectivity index (χ2n) is 4.88. The van der Waals surface area contributed by atoms with Crippen LogP contribution in [0.25, 0.3) is 0 Å². The zero-order chi connectivity index (χ0) is 13.9. The summed E-state index contributed by atoms with van der Waals surface area (Å²) >= 11 is 0. The zero-order valence-electron chi connectivity index (χ0n) is 11.2. The Hall–Kier alpha value is -0.850. The molecule has 0 spiro atoms. The normalized spacial score (nSPS) is 18.1. The summed E-state index contributed by atoms with van der Waals surface area (Å²) in [6.07, 6.45) is 5.18. The van der Waals surface area contributed by atoms with Crippen LogP contribution in [0.2, 0.25) is 0 Å². The third-order valence-corrected chi connectivity index (χ3v) is 5.55. The van der Waals surface area contributed by atoms with E-state index in [0.717, 1.165) is 25.7 Å². The topological polar surface area (TPSA) is 70.8 Å². The molecule has 0 amide bonds. The highest BCUT2D eigenvalue weighted by Gasteiger charge is 2.33. The van der Waals surface area contributed by atoms with Gasteiger partial charge in [-0.05, 0) is 25.0 Å². The number of rotatable bonds is 5. The van der Waals surface area contributed by atoms with E-state index < -0.39 is 10.0 Å². The molecule has 1 fully saturated rings. The molecule has 0 radical (unpaired) electrons. The molecule has 0 atom stereocenters. The quantitative estimate of drug-likeness (QED) is 0.900.